The van der Waals surface area contributed by atoms with Crippen LogP contribution in [0, 0.1) is 5.92 Å². The van der Waals surface area contributed by atoms with Crippen LogP contribution in [-0.2, 0) is 9.53 Å². The molecule has 2 fully saturated rings. The third-order valence-corrected chi connectivity index (χ3v) is 4.62. The molecule has 1 amide bonds. The number of carbonyl (C=O) groups excluding carboxylic acids is 1. The molecule has 116 valence electrons. The van der Waals surface area contributed by atoms with Crippen LogP contribution in [-0.4, -0.2) is 67.7 Å². The van der Waals surface area contributed by atoms with E-state index in [1.807, 2.05) is 0 Å². The number of nitrogens with zero attached hydrogens (tertiary/aromatic N) is 2. The van der Waals surface area contributed by atoms with Crippen molar-refractivity contribution in [1.29, 1.82) is 0 Å². The van der Waals surface area contributed by atoms with Gasteiger partial charge >= 0.3 is 0 Å². The van der Waals surface area contributed by atoms with E-state index in [4.69, 9.17) is 10.5 Å². The van der Waals surface area contributed by atoms with Crippen molar-refractivity contribution in [3.63, 3.8) is 0 Å². The van der Waals surface area contributed by atoms with Gasteiger partial charge in [0.05, 0.1) is 19.3 Å². The SMILES string of the molecule is C[C@H]1CCCC[C@H]1OCCN1CCN(CC(N)=O)CC1. The molecule has 20 heavy (non-hydrogen) atoms. The number of primary amides is 1. The quantitative estimate of drug-likeness (QED) is 0.779. The Morgan fingerprint density at radius 2 is 1.80 bits per heavy atom. The third-order valence-electron chi connectivity index (χ3n) is 4.62. The fraction of sp³-hybridized carbons (Fsp3) is 0.933. The highest BCUT2D eigenvalue weighted by molar-refractivity contribution is 5.75. The van der Waals surface area contributed by atoms with E-state index in [0.29, 0.717) is 12.6 Å². The standard InChI is InChI=1S/C15H29N3O2/c1-13-4-2-3-5-14(13)20-11-10-17-6-8-18(9-7-17)12-15(16)19/h13-14H,2-12H2,1H3,(H2,16,19)/t13-,14+/m0/s1. The Morgan fingerprint density at radius 1 is 1.15 bits per heavy atom. The molecule has 1 saturated carbocycles. The molecule has 2 atom stereocenters. The van der Waals surface area contributed by atoms with Gasteiger partial charge in [-0.2, -0.15) is 0 Å². The highest BCUT2D eigenvalue weighted by Crippen LogP contribution is 2.26. The van der Waals surface area contributed by atoms with Gasteiger partial charge in [0.25, 0.3) is 0 Å². The molecule has 2 aliphatic rings. The van der Waals surface area contributed by atoms with Crippen LogP contribution in [0.15, 0.2) is 0 Å². The van der Waals surface area contributed by atoms with E-state index < -0.39 is 0 Å². The van der Waals surface area contributed by atoms with Gasteiger partial charge in [-0.15, -0.1) is 0 Å². The molecule has 0 bridgehead atoms. The predicted octanol–water partition coefficient (Wildman–Crippen LogP) is 0.685. The molecule has 0 aromatic heterocycles. The summed E-state index contributed by atoms with van der Waals surface area (Å²) in [5.74, 6) is 0.490. The molecule has 0 aromatic carbocycles. The largest absolute Gasteiger partial charge is 0.377 e. The number of hydrogen-bond donors (Lipinski definition) is 1. The minimum Gasteiger partial charge on any atom is -0.377 e. The third kappa shape index (κ3) is 5.04. The number of piperazine rings is 1. The highest BCUT2D eigenvalue weighted by atomic mass is 16.5. The number of rotatable bonds is 6. The second-order valence-electron chi connectivity index (χ2n) is 6.26. The first-order chi connectivity index (χ1) is 9.65. The molecule has 1 aliphatic carbocycles. The molecule has 2 rings (SSSR count). The molecule has 5 nitrogen and oxygen atoms in total. The van der Waals surface area contributed by atoms with Gasteiger partial charge in [-0.3, -0.25) is 14.6 Å². The summed E-state index contributed by atoms with van der Waals surface area (Å²) in [5.41, 5.74) is 5.22. The first kappa shape index (κ1) is 15.7. The Labute approximate surface area is 122 Å². The van der Waals surface area contributed by atoms with Crippen LogP contribution in [0.3, 0.4) is 0 Å². The van der Waals surface area contributed by atoms with Gasteiger partial charge < -0.3 is 10.5 Å². The lowest BCUT2D eigenvalue weighted by Gasteiger charge is -2.35. The lowest BCUT2D eigenvalue weighted by molar-refractivity contribution is -0.119. The zero-order valence-electron chi connectivity index (χ0n) is 12.7. The summed E-state index contributed by atoms with van der Waals surface area (Å²) in [4.78, 5) is 15.4. The van der Waals surface area contributed by atoms with Crippen LogP contribution < -0.4 is 5.73 Å². The molecule has 1 heterocycles. The Balaban J connectivity index is 1.58. The fourth-order valence-electron chi connectivity index (χ4n) is 3.25. The summed E-state index contributed by atoms with van der Waals surface area (Å²) in [6, 6.07) is 0. The van der Waals surface area contributed by atoms with Gasteiger partial charge in [-0.05, 0) is 18.8 Å². The van der Waals surface area contributed by atoms with Crippen molar-refractivity contribution >= 4 is 5.91 Å². The summed E-state index contributed by atoms with van der Waals surface area (Å²) in [6.07, 6.45) is 5.70. The lowest BCUT2D eigenvalue weighted by atomic mass is 9.88. The monoisotopic (exact) mass is 283 g/mol. The Morgan fingerprint density at radius 3 is 2.45 bits per heavy atom. The zero-order chi connectivity index (χ0) is 14.4. The summed E-state index contributed by atoms with van der Waals surface area (Å²) in [6.45, 7) is 8.44. The van der Waals surface area contributed by atoms with Crippen molar-refractivity contribution in [3.05, 3.63) is 0 Å². The lowest BCUT2D eigenvalue weighted by Crippen LogP contribution is -2.49. The first-order valence-electron chi connectivity index (χ1n) is 8.00. The fourth-order valence-corrected chi connectivity index (χ4v) is 3.25. The van der Waals surface area contributed by atoms with Crippen LogP contribution in [0.1, 0.15) is 32.6 Å². The van der Waals surface area contributed by atoms with Crippen molar-refractivity contribution in [2.75, 3.05) is 45.9 Å². The summed E-state index contributed by atoms with van der Waals surface area (Å²) in [7, 11) is 0. The van der Waals surface area contributed by atoms with Gasteiger partial charge in [0.15, 0.2) is 0 Å². The summed E-state index contributed by atoms with van der Waals surface area (Å²) >= 11 is 0. The molecular formula is C15H29N3O2. The highest BCUT2D eigenvalue weighted by Gasteiger charge is 2.22. The molecule has 1 aliphatic heterocycles. The van der Waals surface area contributed by atoms with Gasteiger partial charge in [-0.25, -0.2) is 0 Å². The number of nitrogens with two attached hydrogens (primary N) is 1. The van der Waals surface area contributed by atoms with Crippen molar-refractivity contribution in [2.45, 2.75) is 38.7 Å². The summed E-state index contributed by atoms with van der Waals surface area (Å²) < 4.78 is 6.06. The number of hydrogen-bond acceptors (Lipinski definition) is 4. The smallest absolute Gasteiger partial charge is 0.231 e. The average molecular weight is 283 g/mol. The molecule has 1 saturated heterocycles. The maximum Gasteiger partial charge on any atom is 0.231 e. The van der Waals surface area contributed by atoms with E-state index in [1.165, 1.54) is 25.7 Å². The van der Waals surface area contributed by atoms with Crippen LogP contribution in [0.4, 0.5) is 0 Å². The minimum absolute atomic E-state index is 0.229. The van der Waals surface area contributed by atoms with Crippen molar-refractivity contribution in [3.8, 4) is 0 Å². The second kappa shape index (κ2) is 7.96. The number of carbonyl (C=O) groups is 1. The van der Waals surface area contributed by atoms with Crippen molar-refractivity contribution in [2.24, 2.45) is 11.7 Å². The molecule has 5 heteroatoms. The van der Waals surface area contributed by atoms with E-state index in [2.05, 4.69) is 16.7 Å². The van der Waals surface area contributed by atoms with Crippen molar-refractivity contribution < 1.29 is 9.53 Å². The second-order valence-corrected chi connectivity index (χ2v) is 6.26. The topological polar surface area (TPSA) is 58.8 Å². The maximum atomic E-state index is 10.9. The van der Waals surface area contributed by atoms with Crippen LogP contribution in [0.2, 0.25) is 0 Å². The molecule has 2 N–H and O–H groups in total. The van der Waals surface area contributed by atoms with E-state index in [9.17, 15) is 4.79 Å². The molecule has 0 unspecified atom stereocenters. The number of ether oxygens (including phenoxy) is 1. The van der Waals surface area contributed by atoms with Gasteiger partial charge in [0.1, 0.15) is 0 Å². The van der Waals surface area contributed by atoms with Gasteiger partial charge in [0, 0.05) is 32.7 Å². The molecular weight excluding hydrogens is 254 g/mol. The van der Waals surface area contributed by atoms with Gasteiger partial charge in [0.2, 0.25) is 5.91 Å². The van der Waals surface area contributed by atoms with E-state index in [-0.39, 0.29) is 5.91 Å². The van der Waals surface area contributed by atoms with Crippen molar-refractivity contribution in [1.82, 2.24) is 9.80 Å². The number of amides is 1. The Bertz CT molecular complexity index is 303. The van der Waals surface area contributed by atoms with Crippen LogP contribution in [0.5, 0.6) is 0 Å². The van der Waals surface area contributed by atoms with Crippen LogP contribution in [0.25, 0.3) is 0 Å². The van der Waals surface area contributed by atoms with E-state index in [0.717, 1.165) is 45.2 Å². The molecule has 0 aromatic rings. The Hall–Kier alpha value is -0.650. The minimum atomic E-state index is -0.229. The summed E-state index contributed by atoms with van der Waals surface area (Å²) in [5, 5.41) is 0. The average Bonchev–Trinajstić information content (AvgIpc) is 2.42. The van der Waals surface area contributed by atoms with Gasteiger partial charge in [-0.1, -0.05) is 19.8 Å². The Kier molecular flexibility index (Phi) is 6.26. The zero-order valence-corrected chi connectivity index (χ0v) is 12.7. The van der Waals surface area contributed by atoms with E-state index in [1.54, 1.807) is 0 Å². The van der Waals surface area contributed by atoms with Crippen LogP contribution >= 0.6 is 0 Å². The predicted molar refractivity (Wildman–Crippen MR) is 79.4 cm³/mol. The maximum absolute atomic E-state index is 10.9. The first-order valence-corrected chi connectivity index (χ1v) is 8.00. The molecule has 0 radical (unpaired) electrons. The normalized spacial score (nSPS) is 29.4. The molecule has 0 spiro atoms. The van der Waals surface area contributed by atoms with E-state index >= 15 is 0 Å².